The first kappa shape index (κ1) is 13.4. The molecule has 1 aliphatic heterocycles. The number of benzene rings is 1. The molecule has 1 unspecified atom stereocenters. The van der Waals surface area contributed by atoms with Crippen LogP contribution in [0.15, 0.2) is 16.6 Å². The highest BCUT2D eigenvalue weighted by Crippen LogP contribution is 2.42. The van der Waals surface area contributed by atoms with E-state index in [1.807, 2.05) is 0 Å². The lowest BCUT2D eigenvalue weighted by molar-refractivity contribution is 0.115. The van der Waals surface area contributed by atoms with Gasteiger partial charge in [0, 0.05) is 11.1 Å². The first-order chi connectivity index (χ1) is 9.08. The first-order valence-corrected chi connectivity index (χ1v) is 7.79. The van der Waals surface area contributed by atoms with Crippen LogP contribution in [0.5, 0.6) is 5.75 Å². The molecule has 2 nitrogen and oxygen atoms in total. The molecule has 0 bridgehead atoms. The molecule has 1 aliphatic carbocycles. The highest BCUT2D eigenvalue weighted by molar-refractivity contribution is 9.10. The Balaban J connectivity index is 1.99. The van der Waals surface area contributed by atoms with Gasteiger partial charge in [0.15, 0.2) is 0 Å². The molecule has 3 rings (SSSR count). The van der Waals surface area contributed by atoms with Gasteiger partial charge < -0.3 is 10.1 Å². The summed E-state index contributed by atoms with van der Waals surface area (Å²) >= 11 is 3.46. The number of halogens is 2. The van der Waals surface area contributed by atoms with Crippen molar-refractivity contribution >= 4 is 15.9 Å². The molecule has 1 heterocycles. The van der Waals surface area contributed by atoms with E-state index < -0.39 is 0 Å². The summed E-state index contributed by atoms with van der Waals surface area (Å²) in [6, 6.07) is 3.12. The normalized spacial score (nSPS) is 27.3. The molecule has 1 aromatic carbocycles. The van der Waals surface area contributed by atoms with E-state index in [-0.39, 0.29) is 11.4 Å². The van der Waals surface area contributed by atoms with Gasteiger partial charge in [0.25, 0.3) is 0 Å². The lowest BCUT2D eigenvalue weighted by atomic mass is 9.89. The van der Waals surface area contributed by atoms with Crippen molar-refractivity contribution < 1.29 is 9.13 Å². The van der Waals surface area contributed by atoms with E-state index in [0.29, 0.717) is 6.10 Å². The van der Waals surface area contributed by atoms with Crippen LogP contribution in [-0.4, -0.2) is 12.6 Å². The van der Waals surface area contributed by atoms with E-state index >= 15 is 0 Å². The third kappa shape index (κ3) is 2.52. The second-order valence-corrected chi connectivity index (χ2v) is 6.65. The zero-order chi connectivity index (χ0) is 13.5. The average Bonchev–Trinajstić information content (AvgIpc) is 2.73. The Morgan fingerprint density at radius 1 is 1.37 bits per heavy atom. The van der Waals surface area contributed by atoms with Gasteiger partial charge in [0.1, 0.15) is 11.6 Å². The van der Waals surface area contributed by atoms with Crippen molar-refractivity contribution in [2.45, 2.75) is 50.7 Å². The average molecular weight is 328 g/mol. The Hall–Kier alpha value is -0.610. The summed E-state index contributed by atoms with van der Waals surface area (Å²) in [5.41, 5.74) is 0.771. The van der Waals surface area contributed by atoms with E-state index in [2.05, 4.69) is 28.2 Å². The largest absolute Gasteiger partial charge is 0.489 e. The first-order valence-electron chi connectivity index (χ1n) is 7.00. The van der Waals surface area contributed by atoms with E-state index in [1.54, 1.807) is 6.07 Å². The maximum absolute atomic E-state index is 13.8. The summed E-state index contributed by atoms with van der Waals surface area (Å²) < 4.78 is 20.6. The van der Waals surface area contributed by atoms with Gasteiger partial charge in [-0.25, -0.2) is 4.39 Å². The lowest BCUT2D eigenvalue weighted by Gasteiger charge is -2.32. The molecular formula is C15H19BrFNO. The number of nitrogens with one attached hydrogen (secondary N) is 1. The van der Waals surface area contributed by atoms with Gasteiger partial charge in [0.2, 0.25) is 0 Å². The zero-order valence-corrected chi connectivity index (χ0v) is 12.7. The van der Waals surface area contributed by atoms with Crippen molar-refractivity contribution in [1.29, 1.82) is 0 Å². The fraction of sp³-hybridized carbons (Fsp3) is 0.600. The molecule has 1 saturated heterocycles. The van der Waals surface area contributed by atoms with Gasteiger partial charge >= 0.3 is 0 Å². The van der Waals surface area contributed by atoms with Crippen molar-refractivity contribution in [3.63, 3.8) is 0 Å². The Morgan fingerprint density at radius 2 is 2.16 bits per heavy atom. The summed E-state index contributed by atoms with van der Waals surface area (Å²) in [6.45, 7) is 3.11. The summed E-state index contributed by atoms with van der Waals surface area (Å²) in [4.78, 5) is 0. The maximum Gasteiger partial charge on any atom is 0.139 e. The summed E-state index contributed by atoms with van der Waals surface area (Å²) in [5.74, 6) is 0.612. The predicted octanol–water partition coefficient (Wildman–Crippen LogP) is 4.12. The van der Waals surface area contributed by atoms with Crippen molar-refractivity contribution in [3.8, 4) is 5.75 Å². The van der Waals surface area contributed by atoms with Crippen molar-refractivity contribution in [2.24, 2.45) is 0 Å². The molecule has 1 saturated carbocycles. The SMILES string of the molecule is CC1(c2cc(F)cc(Br)c2OC2CCC2)CCCN1. The minimum Gasteiger partial charge on any atom is -0.489 e. The summed E-state index contributed by atoms with van der Waals surface area (Å²) in [5, 5.41) is 3.49. The predicted molar refractivity (Wildman–Crippen MR) is 77.0 cm³/mol. The van der Waals surface area contributed by atoms with Gasteiger partial charge in [-0.1, -0.05) is 0 Å². The van der Waals surface area contributed by atoms with Crippen LogP contribution in [0.2, 0.25) is 0 Å². The van der Waals surface area contributed by atoms with Gasteiger partial charge in [-0.2, -0.15) is 0 Å². The highest BCUT2D eigenvalue weighted by atomic mass is 79.9. The van der Waals surface area contributed by atoms with Crippen LogP contribution in [0, 0.1) is 5.82 Å². The summed E-state index contributed by atoms with van der Waals surface area (Å²) in [6.07, 6.45) is 5.87. The van der Waals surface area contributed by atoms with Gasteiger partial charge in [0.05, 0.1) is 10.6 Å². The lowest BCUT2D eigenvalue weighted by Crippen LogP contribution is -2.35. The number of hydrogen-bond acceptors (Lipinski definition) is 2. The molecule has 1 atom stereocenters. The summed E-state index contributed by atoms with van der Waals surface area (Å²) in [7, 11) is 0. The highest BCUT2D eigenvalue weighted by Gasteiger charge is 2.35. The monoisotopic (exact) mass is 327 g/mol. The third-order valence-electron chi connectivity index (χ3n) is 4.31. The molecule has 2 fully saturated rings. The van der Waals surface area contributed by atoms with Crippen LogP contribution in [0.4, 0.5) is 4.39 Å². The van der Waals surface area contributed by atoms with Gasteiger partial charge in [-0.15, -0.1) is 0 Å². The zero-order valence-electron chi connectivity index (χ0n) is 11.1. The maximum atomic E-state index is 13.8. The fourth-order valence-electron chi connectivity index (χ4n) is 2.87. The molecule has 1 aromatic rings. The van der Waals surface area contributed by atoms with Crippen LogP contribution < -0.4 is 10.1 Å². The molecule has 0 amide bonds. The Bertz CT molecular complexity index is 481. The molecule has 19 heavy (non-hydrogen) atoms. The second-order valence-electron chi connectivity index (χ2n) is 5.80. The van der Waals surface area contributed by atoms with Gasteiger partial charge in [-0.05, 0) is 73.6 Å². The van der Waals surface area contributed by atoms with E-state index in [1.165, 1.54) is 12.5 Å². The van der Waals surface area contributed by atoms with Gasteiger partial charge in [-0.3, -0.25) is 0 Å². The quantitative estimate of drug-likeness (QED) is 0.901. The Morgan fingerprint density at radius 3 is 2.74 bits per heavy atom. The minimum atomic E-state index is -0.210. The molecule has 0 radical (unpaired) electrons. The van der Waals surface area contributed by atoms with Crippen LogP contribution >= 0.6 is 15.9 Å². The third-order valence-corrected chi connectivity index (χ3v) is 4.90. The van der Waals surface area contributed by atoms with Crippen molar-refractivity contribution in [3.05, 3.63) is 28.0 Å². The molecule has 4 heteroatoms. The van der Waals surface area contributed by atoms with E-state index in [9.17, 15) is 4.39 Å². The second kappa shape index (κ2) is 5.06. The van der Waals surface area contributed by atoms with Crippen LogP contribution in [-0.2, 0) is 5.54 Å². The number of ether oxygens (including phenoxy) is 1. The van der Waals surface area contributed by atoms with Crippen molar-refractivity contribution in [1.82, 2.24) is 5.32 Å². The topological polar surface area (TPSA) is 21.3 Å². The Kier molecular flexibility index (Phi) is 3.56. The standard InChI is InChI=1S/C15H19BrFNO/c1-15(6-3-7-18-15)12-8-10(17)9-13(16)14(12)19-11-4-2-5-11/h8-9,11,18H,2-7H2,1H3. The smallest absolute Gasteiger partial charge is 0.139 e. The number of hydrogen-bond donors (Lipinski definition) is 1. The molecule has 1 N–H and O–H groups in total. The molecule has 104 valence electrons. The van der Waals surface area contributed by atoms with Crippen LogP contribution in [0.3, 0.4) is 0 Å². The molecule has 0 spiro atoms. The van der Waals surface area contributed by atoms with Crippen LogP contribution in [0.25, 0.3) is 0 Å². The molecule has 0 aromatic heterocycles. The Labute approximate surface area is 121 Å². The number of rotatable bonds is 3. The van der Waals surface area contributed by atoms with Crippen LogP contribution in [0.1, 0.15) is 44.6 Å². The van der Waals surface area contributed by atoms with E-state index in [4.69, 9.17) is 4.74 Å². The molecular weight excluding hydrogens is 309 g/mol. The fourth-order valence-corrected chi connectivity index (χ4v) is 3.40. The minimum absolute atomic E-state index is 0.177. The molecule has 2 aliphatic rings. The van der Waals surface area contributed by atoms with E-state index in [0.717, 1.165) is 48.0 Å². The van der Waals surface area contributed by atoms with Crippen molar-refractivity contribution in [2.75, 3.05) is 6.54 Å².